The van der Waals surface area contributed by atoms with Crippen molar-refractivity contribution in [2.24, 2.45) is 0 Å². The van der Waals surface area contributed by atoms with Crippen LogP contribution in [0, 0.1) is 0 Å². The first-order valence-electron chi connectivity index (χ1n) is 22.4. The number of fused-ring (bicyclic) bond motifs is 12. The van der Waals surface area contributed by atoms with Crippen molar-refractivity contribution in [1.82, 2.24) is 19.5 Å². The highest BCUT2D eigenvalue weighted by Gasteiger charge is 2.36. The summed E-state index contributed by atoms with van der Waals surface area (Å²) in [7, 11) is 0. The van der Waals surface area contributed by atoms with E-state index >= 15 is 0 Å². The molecule has 0 amide bonds. The Morgan fingerprint density at radius 1 is 0.359 bits per heavy atom. The Bertz CT molecular complexity index is 3760. The van der Waals surface area contributed by atoms with Crippen LogP contribution in [0.1, 0.15) is 38.8 Å². The molecule has 0 saturated carbocycles. The molecule has 4 heteroatoms. The standard InChI is InChI=1S/C58H38N4.C2H6/c1-58(2)50-30-28-41(34-49(50)52-44-18-9-7-14-37(44)27-31-51(52)58)46-20-11-21-47-48-29-26-38-15-8-10-19-45(38)53(48)62(54(46)47)57-60-55(42-24-22-35-12-3-5-16-39(35)32-42)59-56(61-57)43-25-23-36-13-4-6-17-40(36)33-43;1-2/h3-34H,1-2H3;1-2H3. The average molecular weight is 821 g/mol. The minimum atomic E-state index is -0.129. The highest BCUT2D eigenvalue weighted by Crippen LogP contribution is 2.53. The quantitative estimate of drug-likeness (QED) is 0.178. The van der Waals surface area contributed by atoms with E-state index in [-0.39, 0.29) is 5.41 Å². The Hall–Kier alpha value is -7.95. The van der Waals surface area contributed by atoms with Crippen LogP contribution in [-0.2, 0) is 5.41 Å². The SMILES string of the molecule is CC.CC1(C)c2ccc(-c3cccc4c5ccc6ccccc6c5n(-c5nc(-c6ccc7ccccc7c6)nc(-c6ccc7ccccc7c6)n5)c34)cc2-c2c1ccc1ccccc21. The van der Waals surface area contributed by atoms with Crippen LogP contribution in [0.25, 0.3) is 116 Å². The Labute approximate surface area is 372 Å². The highest BCUT2D eigenvalue weighted by atomic mass is 15.2. The van der Waals surface area contributed by atoms with Gasteiger partial charge < -0.3 is 0 Å². The number of aromatic nitrogens is 4. The lowest BCUT2D eigenvalue weighted by atomic mass is 9.82. The van der Waals surface area contributed by atoms with E-state index in [9.17, 15) is 0 Å². The molecule has 0 atom stereocenters. The molecule has 13 rings (SSSR count). The molecule has 1 aliphatic carbocycles. The van der Waals surface area contributed by atoms with Gasteiger partial charge in [0.15, 0.2) is 11.6 Å². The highest BCUT2D eigenvalue weighted by molar-refractivity contribution is 6.21. The summed E-state index contributed by atoms with van der Waals surface area (Å²) in [6, 6.07) is 70.3. The Kier molecular flexibility index (Phi) is 8.60. The average Bonchev–Trinajstić information content (AvgIpc) is 3.82. The minimum absolute atomic E-state index is 0.129. The molecule has 0 unspecified atom stereocenters. The van der Waals surface area contributed by atoms with Gasteiger partial charge in [-0.3, -0.25) is 4.57 Å². The fourth-order valence-corrected chi connectivity index (χ4v) is 10.3. The Morgan fingerprint density at radius 3 is 1.53 bits per heavy atom. The normalized spacial score (nSPS) is 12.8. The maximum atomic E-state index is 5.46. The fraction of sp³-hybridized carbons (Fsp3) is 0.0833. The van der Waals surface area contributed by atoms with Crippen LogP contribution < -0.4 is 0 Å². The lowest BCUT2D eigenvalue weighted by Gasteiger charge is -2.21. The minimum Gasteiger partial charge on any atom is -0.277 e. The molecule has 2 aromatic heterocycles. The number of benzene rings is 10. The summed E-state index contributed by atoms with van der Waals surface area (Å²) in [4.78, 5) is 16.2. The van der Waals surface area contributed by atoms with Gasteiger partial charge in [0.25, 0.3) is 0 Å². The molecule has 0 N–H and O–H groups in total. The second-order valence-electron chi connectivity index (χ2n) is 17.2. The summed E-state index contributed by atoms with van der Waals surface area (Å²) in [5.74, 6) is 1.83. The van der Waals surface area contributed by atoms with E-state index in [1.807, 2.05) is 13.8 Å². The van der Waals surface area contributed by atoms with Gasteiger partial charge in [-0.15, -0.1) is 0 Å². The molecule has 0 saturated heterocycles. The predicted octanol–water partition coefficient (Wildman–Crippen LogP) is 15.9. The molecule has 2 heterocycles. The number of rotatable bonds is 4. The third-order valence-electron chi connectivity index (χ3n) is 13.4. The number of nitrogens with zero attached hydrogens (tertiary/aromatic N) is 4. The monoisotopic (exact) mass is 820 g/mol. The molecule has 304 valence electrons. The summed E-state index contributed by atoms with van der Waals surface area (Å²) in [6.45, 7) is 8.72. The third-order valence-corrected chi connectivity index (χ3v) is 13.4. The van der Waals surface area contributed by atoms with E-state index in [2.05, 4.69) is 213 Å². The molecule has 0 aliphatic heterocycles. The second kappa shape index (κ2) is 14.6. The summed E-state index contributed by atoms with van der Waals surface area (Å²) in [6.07, 6.45) is 0. The van der Waals surface area contributed by atoms with Crippen LogP contribution in [0.4, 0.5) is 0 Å². The van der Waals surface area contributed by atoms with Gasteiger partial charge in [-0.25, -0.2) is 4.98 Å². The Balaban J connectivity index is 0.00000214. The molecular weight excluding hydrogens is 777 g/mol. The first kappa shape index (κ1) is 37.8. The van der Waals surface area contributed by atoms with Crippen LogP contribution in [0.2, 0.25) is 0 Å². The molecule has 12 aromatic rings. The van der Waals surface area contributed by atoms with E-state index in [1.165, 1.54) is 43.8 Å². The topological polar surface area (TPSA) is 43.6 Å². The van der Waals surface area contributed by atoms with Gasteiger partial charge in [0.05, 0.1) is 11.0 Å². The van der Waals surface area contributed by atoms with Crippen LogP contribution in [-0.4, -0.2) is 19.5 Å². The van der Waals surface area contributed by atoms with E-state index in [0.29, 0.717) is 17.6 Å². The van der Waals surface area contributed by atoms with Gasteiger partial charge in [0.1, 0.15) is 0 Å². The lowest BCUT2D eigenvalue weighted by Crippen LogP contribution is -2.14. The van der Waals surface area contributed by atoms with E-state index in [4.69, 9.17) is 15.0 Å². The van der Waals surface area contributed by atoms with Crippen molar-refractivity contribution in [3.8, 4) is 51.0 Å². The zero-order chi connectivity index (χ0) is 43.1. The van der Waals surface area contributed by atoms with Gasteiger partial charge in [-0.2, -0.15) is 9.97 Å². The summed E-state index contributed by atoms with van der Waals surface area (Å²) < 4.78 is 2.32. The molecule has 0 bridgehead atoms. The van der Waals surface area contributed by atoms with Gasteiger partial charge in [-0.1, -0.05) is 204 Å². The van der Waals surface area contributed by atoms with Gasteiger partial charge in [0, 0.05) is 38.3 Å². The largest absolute Gasteiger partial charge is 0.277 e. The number of para-hydroxylation sites is 1. The van der Waals surface area contributed by atoms with Crippen LogP contribution in [0.3, 0.4) is 0 Å². The van der Waals surface area contributed by atoms with Crippen molar-refractivity contribution in [1.29, 1.82) is 0 Å². The van der Waals surface area contributed by atoms with E-state index in [1.54, 1.807) is 0 Å². The van der Waals surface area contributed by atoms with Crippen molar-refractivity contribution in [3.05, 3.63) is 205 Å². The number of hydrogen-bond acceptors (Lipinski definition) is 3. The maximum absolute atomic E-state index is 5.46. The van der Waals surface area contributed by atoms with Crippen molar-refractivity contribution < 1.29 is 0 Å². The fourth-order valence-electron chi connectivity index (χ4n) is 10.3. The smallest absolute Gasteiger partial charge is 0.238 e. The van der Waals surface area contributed by atoms with Crippen molar-refractivity contribution >= 4 is 64.9 Å². The molecule has 10 aromatic carbocycles. The van der Waals surface area contributed by atoms with E-state index in [0.717, 1.165) is 65.6 Å². The van der Waals surface area contributed by atoms with Crippen LogP contribution in [0.15, 0.2) is 194 Å². The van der Waals surface area contributed by atoms with Gasteiger partial charge in [0.2, 0.25) is 5.95 Å². The summed E-state index contributed by atoms with van der Waals surface area (Å²) in [5, 5.41) is 11.8. The maximum Gasteiger partial charge on any atom is 0.238 e. The molecule has 0 fully saturated rings. The molecule has 0 spiro atoms. The zero-order valence-corrected chi connectivity index (χ0v) is 36.3. The zero-order valence-electron chi connectivity index (χ0n) is 36.3. The first-order chi connectivity index (χ1) is 31.5. The van der Waals surface area contributed by atoms with Crippen molar-refractivity contribution in [2.45, 2.75) is 33.1 Å². The molecule has 4 nitrogen and oxygen atoms in total. The van der Waals surface area contributed by atoms with Crippen LogP contribution in [0.5, 0.6) is 0 Å². The Morgan fingerprint density at radius 2 is 0.859 bits per heavy atom. The second-order valence-corrected chi connectivity index (χ2v) is 17.2. The molecule has 1 aliphatic rings. The van der Waals surface area contributed by atoms with Crippen LogP contribution >= 0.6 is 0 Å². The summed E-state index contributed by atoms with van der Waals surface area (Å²) >= 11 is 0. The summed E-state index contributed by atoms with van der Waals surface area (Å²) in [5.41, 5.74) is 11.5. The number of hydrogen-bond donors (Lipinski definition) is 0. The van der Waals surface area contributed by atoms with Gasteiger partial charge in [-0.05, 0) is 83.7 Å². The predicted molar refractivity (Wildman–Crippen MR) is 269 cm³/mol. The molecule has 64 heavy (non-hydrogen) atoms. The first-order valence-corrected chi connectivity index (χ1v) is 22.4. The van der Waals surface area contributed by atoms with Crippen molar-refractivity contribution in [3.63, 3.8) is 0 Å². The molecule has 0 radical (unpaired) electrons. The third kappa shape index (κ3) is 5.72. The lowest BCUT2D eigenvalue weighted by molar-refractivity contribution is 0.661. The molecular formula is C60H44N4. The van der Waals surface area contributed by atoms with E-state index < -0.39 is 0 Å². The van der Waals surface area contributed by atoms with Crippen molar-refractivity contribution in [2.75, 3.05) is 0 Å². The van der Waals surface area contributed by atoms with Gasteiger partial charge >= 0.3 is 0 Å².